The number of hydrogen-bond donors (Lipinski definition) is 2. The molecule has 0 aromatic carbocycles. The molecule has 2 amide bonds. The number of alkyl halides is 3. The van der Waals surface area contributed by atoms with Crippen molar-refractivity contribution >= 4 is 44.8 Å². The average molecular weight is 668 g/mol. The first-order chi connectivity index (χ1) is 21.1. The number of amides is 2. The Kier molecular flexibility index (Phi) is 7.82. The van der Waals surface area contributed by atoms with Crippen molar-refractivity contribution in [1.29, 1.82) is 0 Å². The molecule has 5 heterocycles. The van der Waals surface area contributed by atoms with E-state index < -0.39 is 38.8 Å². The number of anilines is 2. The molecule has 0 spiro atoms. The number of nitrogens with one attached hydrogen (secondary N) is 2. The summed E-state index contributed by atoms with van der Waals surface area (Å²) in [5, 5.41) is 10.3. The van der Waals surface area contributed by atoms with Crippen molar-refractivity contribution in [3.8, 4) is 10.6 Å². The number of hydrogen-bond acceptors (Lipinski definition) is 10. The van der Waals surface area contributed by atoms with Gasteiger partial charge in [-0.15, -0.1) is 11.3 Å². The molecule has 0 unspecified atom stereocenters. The van der Waals surface area contributed by atoms with Gasteiger partial charge in [0.2, 0.25) is 5.95 Å². The Balaban J connectivity index is 1.28. The number of piperidine rings is 1. The predicted octanol–water partition coefficient (Wildman–Crippen LogP) is 5.13. The summed E-state index contributed by atoms with van der Waals surface area (Å²) in [6, 6.07) is 1.08. The molecule has 242 valence electrons. The molecule has 2 N–H and O–H groups in total. The van der Waals surface area contributed by atoms with Crippen LogP contribution < -0.4 is 10.6 Å². The van der Waals surface area contributed by atoms with Crippen LogP contribution >= 0.6 is 11.3 Å². The maximum absolute atomic E-state index is 14.1. The van der Waals surface area contributed by atoms with Crippen molar-refractivity contribution in [2.24, 2.45) is 0 Å². The minimum atomic E-state index is -4.84. The van der Waals surface area contributed by atoms with Gasteiger partial charge in [0.05, 0.1) is 38.6 Å². The summed E-state index contributed by atoms with van der Waals surface area (Å²) in [4.78, 5) is 34.2. The van der Waals surface area contributed by atoms with E-state index in [0.29, 0.717) is 49.2 Å². The maximum atomic E-state index is 14.1. The van der Waals surface area contributed by atoms with E-state index in [1.54, 1.807) is 11.1 Å². The second kappa shape index (κ2) is 11.3. The van der Waals surface area contributed by atoms with Crippen LogP contribution in [0.1, 0.15) is 79.3 Å². The first kappa shape index (κ1) is 31.3. The van der Waals surface area contributed by atoms with E-state index in [2.05, 4.69) is 20.6 Å². The zero-order chi connectivity index (χ0) is 32.3. The van der Waals surface area contributed by atoms with E-state index in [1.165, 1.54) is 0 Å². The lowest BCUT2D eigenvalue weighted by atomic mass is 10.1. The zero-order valence-electron chi connectivity index (χ0n) is 24.8. The van der Waals surface area contributed by atoms with Gasteiger partial charge in [0.25, 0.3) is 5.91 Å². The normalized spacial score (nSPS) is 19.1. The topological polar surface area (TPSA) is 148 Å². The number of halogens is 3. The highest BCUT2D eigenvalue weighted by Gasteiger charge is 2.38. The second-order valence-corrected chi connectivity index (χ2v) is 15.5. The largest absolute Gasteiger partial charge is 0.444 e. The number of aromatic nitrogens is 4. The Morgan fingerprint density at radius 2 is 1.87 bits per heavy atom. The lowest BCUT2D eigenvalue weighted by molar-refractivity contribution is -0.137. The smallest absolute Gasteiger partial charge is 0.420 e. The molecule has 17 heteroatoms. The average Bonchev–Trinajstić information content (AvgIpc) is 3.56. The number of rotatable bonds is 5. The summed E-state index contributed by atoms with van der Waals surface area (Å²) >= 11 is 0.641. The molecule has 12 nitrogen and oxygen atoms in total. The quantitative estimate of drug-likeness (QED) is 0.378. The molecule has 0 atom stereocenters. The first-order valence-corrected chi connectivity index (χ1v) is 17.0. The summed E-state index contributed by atoms with van der Waals surface area (Å²) in [5.74, 6) is -0.975. The Bertz CT molecular complexity index is 1750. The standard InChI is InChI=1S/C28H32F3N7O5S2/c1-27(2,3)43-26(40)37-9-6-16(7-10-37)38-14-18(21(36-38)15-4-5-15)34-25-33-13-17(28(29,30)31)22(35-25)19-12-20-23(44-19)24(39)32-8-11-45(20,41)42/h12-16H,4-11H2,1-3H3,(H,32,39)(H,33,34,35). The molecule has 1 aliphatic carbocycles. The molecular weight excluding hydrogens is 635 g/mol. The second-order valence-electron chi connectivity index (χ2n) is 12.3. The highest BCUT2D eigenvalue weighted by molar-refractivity contribution is 7.91. The van der Waals surface area contributed by atoms with E-state index in [4.69, 9.17) is 9.84 Å². The highest BCUT2D eigenvalue weighted by atomic mass is 32.2. The molecule has 2 fully saturated rings. The van der Waals surface area contributed by atoms with Crippen molar-refractivity contribution in [2.75, 3.05) is 30.7 Å². The molecule has 2 aliphatic heterocycles. The third-order valence-corrected chi connectivity index (χ3v) is 10.7. The van der Waals surface area contributed by atoms with E-state index in [9.17, 15) is 31.2 Å². The number of thiophene rings is 1. The summed E-state index contributed by atoms with van der Waals surface area (Å²) in [6.45, 7) is 6.34. The number of likely N-dealkylation sites (tertiary alicyclic amines) is 1. The third kappa shape index (κ3) is 6.64. The number of ether oxygens (including phenoxy) is 1. The van der Waals surface area contributed by atoms with Crippen molar-refractivity contribution in [1.82, 2.24) is 30.0 Å². The van der Waals surface area contributed by atoms with Crippen LogP contribution in [0.5, 0.6) is 0 Å². The maximum Gasteiger partial charge on any atom is 0.420 e. The Labute approximate surface area is 261 Å². The summed E-state index contributed by atoms with van der Waals surface area (Å²) < 4.78 is 75.0. The number of carbonyl (C=O) groups excluding carboxylic acids is 2. The number of sulfone groups is 1. The van der Waals surface area contributed by atoms with Gasteiger partial charge in [-0.3, -0.25) is 9.48 Å². The van der Waals surface area contributed by atoms with Gasteiger partial charge in [-0.2, -0.15) is 18.3 Å². The molecule has 1 saturated carbocycles. The SMILES string of the molecule is CC(C)(C)OC(=O)N1CCC(n2cc(Nc3ncc(C(F)(F)F)c(-c4cc5c(s4)C(=O)NCCS5(=O)=O)n3)c(C3CC3)n2)CC1. The van der Waals surface area contributed by atoms with E-state index >= 15 is 0 Å². The zero-order valence-corrected chi connectivity index (χ0v) is 26.4. The lowest BCUT2D eigenvalue weighted by Crippen LogP contribution is -2.42. The van der Waals surface area contributed by atoms with Crippen molar-refractivity contribution < 1.29 is 35.9 Å². The van der Waals surface area contributed by atoms with Gasteiger partial charge >= 0.3 is 12.3 Å². The Morgan fingerprint density at radius 3 is 2.51 bits per heavy atom. The molecule has 45 heavy (non-hydrogen) atoms. The van der Waals surface area contributed by atoms with Gasteiger partial charge in [-0.25, -0.2) is 23.2 Å². The van der Waals surface area contributed by atoms with Gasteiger partial charge < -0.3 is 20.3 Å². The van der Waals surface area contributed by atoms with Crippen LogP contribution in [0.25, 0.3) is 10.6 Å². The fraction of sp³-hybridized carbons (Fsp3) is 0.536. The number of nitrogens with zero attached hydrogens (tertiary/aromatic N) is 5. The molecule has 3 aromatic rings. The van der Waals surface area contributed by atoms with Crippen molar-refractivity contribution in [3.63, 3.8) is 0 Å². The van der Waals surface area contributed by atoms with Gasteiger partial charge in [0, 0.05) is 37.9 Å². The summed E-state index contributed by atoms with van der Waals surface area (Å²) in [5.41, 5.74) is -0.972. The fourth-order valence-electron chi connectivity index (χ4n) is 5.31. The minimum Gasteiger partial charge on any atom is -0.444 e. The van der Waals surface area contributed by atoms with Crippen LogP contribution in [-0.4, -0.2) is 76.1 Å². The number of carbonyl (C=O) groups is 2. The van der Waals surface area contributed by atoms with Crippen molar-refractivity contribution in [2.45, 2.75) is 75.1 Å². The van der Waals surface area contributed by atoms with Gasteiger partial charge in [-0.1, -0.05) is 0 Å². The van der Waals surface area contributed by atoms with Crippen LogP contribution in [0.3, 0.4) is 0 Å². The predicted molar refractivity (Wildman–Crippen MR) is 158 cm³/mol. The van der Waals surface area contributed by atoms with Crippen LogP contribution in [0.4, 0.5) is 29.6 Å². The van der Waals surface area contributed by atoms with Gasteiger partial charge in [0.1, 0.15) is 16.0 Å². The van der Waals surface area contributed by atoms with Crippen LogP contribution in [0.15, 0.2) is 23.4 Å². The van der Waals surface area contributed by atoms with E-state index in [1.807, 2.05) is 25.5 Å². The molecule has 0 radical (unpaired) electrons. The van der Waals surface area contributed by atoms with E-state index in [0.717, 1.165) is 24.6 Å². The third-order valence-electron chi connectivity index (χ3n) is 7.68. The van der Waals surface area contributed by atoms with Crippen LogP contribution in [-0.2, 0) is 20.8 Å². The molecule has 0 bridgehead atoms. The first-order valence-electron chi connectivity index (χ1n) is 14.5. The Hall–Kier alpha value is -3.73. The number of fused-ring (bicyclic) bond motifs is 1. The van der Waals surface area contributed by atoms with Gasteiger partial charge in [-0.05, 0) is 52.5 Å². The molecule has 3 aliphatic rings. The summed E-state index contributed by atoms with van der Waals surface area (Å²) in [6.07, 6.45) is 0.352. The fourth-order valence-corrected chi connectivity index (χ4v) is 8.13. The minimum absolute atomic E-state index is 0.00422. The molecule has 6 rings (SSSR count). The molecule has 3 aromatic heterocycles. The van der Waals surface area contributed by atoms with E-state index in [-0.39, 0.29) is 50.9 Å². The van der Waals surface area contributed by atoms with Crippen LogP contribution in [0, 0.1) is 0 Å². The van der Waals surface area contributed by atoms with Crippen molar-refractivity contribution in [3.05, 3.63) is 34.6 Å². The molecule has 1 saturated heterocycles. The Morgan fingerprint density at radius 1 is 1.16 bits per heavy atom. The lowest BCUT2D eigenvalue weighted by Gasteiger charge is -2.33. The van der Waals surface area contributed by atoms with Gasteiger partial charge in [0.15, 0.2) is 9.84 Å². The monoisotopic (exact) mass is 667 g/mol. The molecular formula is C28H32F3N7O5S2. The highest BCUT2D eigenvalue weighted by Crippen LogP contribution is 2.45. The summed E-state index contributed by atoms with van der Waals surface area (Å²) in [7, 11) is -3.89. The van der Waals surface area contributed by atoms with Crippen LogP contribution in [0.2, 0.25) is 0 Å².